The minimum Gasteiger partial charge on any atom is -0.506 e. The SMILES string of the molecule is CC(C)(C)c1cc(C=NC2CCCCC2N=Cc2cc(C(C)(C)C)cc(Sc3ccccc3)c2O)c(O)c(Sc2ccccc2)c1. The summed E-state index contributed by atoms with van der Waals surface area (Å²) < 4.78 is 0. The van der Waals surface area contributed by atoms with Crippen LogP contribution in [0.2, 0.25) is 0 Å². The van der Waals surface area contributed by atoms with E-state index < -0.39 is 0 Å². The molecule has 6 heteroatoms. The molecule has 46 heavy (non-hydrogen) atoms. The smallest absolute Gasteiger partial charge is 0.138 e. The van der Waals surface area contributed by atoms with Crippen LogP contribution in [0.5, 0.6) is 11.5 Å². The average molecular weight is 651 g/mol. The van der Waals surface area contributed by atoms with Gasteiger partial charge in [0.15, 0.2) is 0 Å². The van der Waals surface area contributed by atoms with Gasteiger partial charge in [0.1, 0.15) is 11.5 Å². The lowest BCUT2D eigenvalue weighted by Crippen LogP contribution is -2.27. The lowest BCUT2D eigenvalue weighted by molar-refractivity contribution is 0.390. The molecule has 1 saturated carbocycles. The summed E-state index contributed by atoms with van der Waals surface area (Å²) in [5.74, 6) is 0.516. The molecule has 240 valence electrons. The van der Waals surface area contributed by atoms with Crippen molar-refractivity contribution in [2.75, 3.05) is 0 Å². The third-order valence-electron chi connectivity index (χ3n) is 8.39. The Morgan fingerprint density at radius 3 is 1.30 bits per heavy atom. The maximum absolute atomic E-state index is 11.4. The third kappa shape index (κ3) is 8.65. The van der Waals surface area contributed by atoms with Gasteiger partial charge in [-0.15, -0.1) is 0 Å². The molecule has 0 bridgehead atoms. The highest BCUT2D eigenvalue weighted by Crippen LogP contribution is 2.41. The number of aromatic hydroxyl groups is 2. The van der Waals surface area contributed by atoms with Gasteiger partial charge in [0.05, 0.1) is 21.9 Å². The van der Waals surface area contributed by atoms with Crippen LogP contribution in [0, 0.1) is 0 Å². The second-order valence-electron chi connectivity index (χ2n) is 14.1. The zero-order valence-corrected chi connectivity index (χ0v) is 29.5. The standard InChI is InChI=1S/C40H46N2O2S2/c1-39(2,3)29-21-27(37(43)35(23-29)45-31-15-9-7-10-16-31)25-41-33-19-13-14-20-34(33)42-26-28-22-30(40(4,5)6)24-36(38(28)44)46-32-17-11-8-12-18-32/h7-12,15-18,21-26,33-34,43-44H,13-14,19-20H2,1-6H3. The third-order valence-corrected chi connectivity index (χ3v) is 10.5. The average Bonchev–Trinajstić information content (AvgIpc) is 3.02. The number of hydrogen-bond donors (Lipinski definition) is 2. The Hall–Kier alpha value is -3.48. The van der Waals surface area contributed by atoms with Crippen molar-refractivity contribution in [3.05, 3.63) is 107 Å². The first-order valence-corrected chi connectivity index (χ1v) is 17.8. The Bertz CT molecular complexity index is 1560. The van der Waals surface area contributed by atoms with E-state index in [1.54, 1.807) is 23.5 Å². The summed E-state index contributed by atoms with van der Waals surface area (Å²) in [6, 6.07) is 28.6. The molecule has 0 radical (unpaired) electrons. The summed E-state index contributed by atoms with van der Waals surface area (Å²) in [5, 5.41) is 22.7. The zero-order chi connectivity index (χ0) is 32.9. The topological polar surface area (TPSA) is 65.2 Å². The van der Waals surface area contributed by atoms with Gasteiger partial charge in [-0.05, 0) is 83.3 Å². The van der Waals surface area contributed by atoms with Crippen molar-refractivity contribution in [1.82, 2.24) is 0 Å². The molecule has 4 aromatic rings. The Kier molecular flexibility index (Phi) is 10.7. The van der Waals surface area contributed by atoms with Crippen LogP contribution in [-0.2, 0) is 10.8 Å². The molecule has 2 atom stereocenters. The van der Waals surface area contributed by atoms with Gasteiger partial charge in [0.2, 0.25) is 0 Å². The van der Waals surface area contributed by atoms with Gasteiger partial charge >= 0.3 is 0 Å². The van der Waals surface area contributed by atoms with Crippen LogP contribution in [0.3, 0.4) is 0 Å². The van der Waals surface area contributed by atoms with Crippen LogP contribution >= 0.6 is 23.5 Å². The Morgan fingerprint density at radius 2 is 0.957 bits per heavy atom. The van der Waals surface area contributed by atoms with E-state index in [4.69, 9.17) is 9.98 Å². The van der Waals surface area contributed by atoms with Gasteiger partial charge in [-0.25, -0.2) is 0 Å². The highest BCUT2D eigenvalue weighted by atomic mass is 32.2. The number of nitrogens with zero attached hydrogens (tertiary/aromatic N) is 2. The van der Waals surface area contributed by atoms with Crippen LogP contribution in [0.1, 0.15) is 89.5 Å². The molecular formula is C40H46N2O2S2. The van der Waals surface area contributed by atoms with Gasteiger partial charge in [0, 0.05) is 33.3 Å². The van der Waals surface area contributed by atoms with Crippen LogP contribution in [0.4, 0.5) is 0 Å². The lowest BCUT2D eigenvalue weighted by atomic mass is 9.86. The quantitative estimate of drug-likeness (QED) is 0.186. The van der Waals surface area contributed by atoms with Crippen molar-refractivity contribution in [3.63, 3.8) is 0 Å². The predicted octanol–water partition coefficient (Wildman–Crippen LogP) is 10.8. The van der Waals surface area contributed by atoms with E-state index >= 15 is 0 Å². The number of hydrogen-bond acceptors (Lipinski definition) is 6. The maximum Gasteiger partial charge on any atom is 0.138 e. The molecule has 2 N–H and O–H groups in total. The normalized spacial score (nSPS) is 17.6. The van der Waals surface area contributed by atoms with Crippen LogP contribution in [0.15, 0.2) is 114 Å². The van der Waals surface area contributed by atoms with Gasteiger partial charge in [0.25, 0.3) is 0 Å². The molecule has 1 aliphatic carbocycles. The minimum atomic E-state index is -0.0821. The summed E-state index contributed by atoms with van der Waals surface area (Å²) in [5.41, 5.74) is 3.61. The number of phenols is 2. The molecule has 0 saturated heterocycles. The van der Waals surface area contributed by atoms with Crippen molar-refractivity contribution >= 4 is 36.0 Å². The summed E-state index contributed by atoms with van der Waals surface area (Å²) in [6.45, 7) is 13.1. The maximum atomic E-state index is 11.4. The second-order valence-corrected chi connectivity index (χ2v) is 16.4. The molecule has 0 heterocycles. The molecule has 4 nitrogen and oxygen atoms in total. The molecular weight excluding hydrogens is 605 g/mol. The molecule has 1 fully saturated rings. The Morgan fingerprint density at radius 1 is 0.587 bits per heavy atom. The fraction of sp³-hybridized carbons (Fsp3) is 0.350. The van der Waals surface area contributed by atoms with Crippen molar-refractivity contribution in [1.29, 1.82) is 0 Å². The summed E-state index contributed by atoms with van der Waals surface area (Å²) in [4.78, 5) is 13.9. The van der Waals surface area contributed by atoms with Crippen molar-refractivity contribution in [3.8, 4) is 11.5 Å². The first-order valence-electron chi connectivity index (χ1n) is 16.2. The lowest BCUT2D eigenvalue weighted by Gasteiger charge is -2.26. The van der Waals surface area contributed by atoms with Crippen LogP contribution < -0.4 is 0 Å². The molecule has 0 aromatic heterocycles. The van der Waals surface area contributed by atoms with Crippen LogP contribution in [0.25, 0.3) is 0 Å². The highest BCUT2D eigenvalue weighted by molar-refractivity contribution is 7.99. The van der Waals surface area contributed by atoms with Crippen molar-refractivity contribution in [2.45, 2.75) is 110 Å². The van der Waals surface area contributed by atoms with E-state index in [1.807, 2.05) is 48.8 Å². The molecule has 4 aromatic carbocycles. The monoisotopic (exact) mass is 650 g/mol. The van der Waals surface area contributed by atoms with Gasteiger partial charge < -0.3 is 10.2 Å². The Balaban J connectivity index is 1.44. The minimum absolute atomic E-state index is 0.000903. The van der Waals surface area contributed by atoms with Gasteiger partial charge in [-0.2, -0.15) is 0 Å². The van der Waals surface area contributed by atoms with Crippen molar-refractivity contribution in [2.24, 2.45) is 9.98 Å². The van der Waals surface area contributed by atoms with E-state index in [2.05, 4.69) is 90.1 Å². The van der Waals surface area contributed by atoms with Crippen molar-refractivity contribution < 1.29 is 10.2 Å². The summed E-state index contributed by atoms with van der Waals surface area (Å²) >= 11 is 3.14. The predicted molar refractivity (Wildman–Crippen MR) is 196 cm³/mol. The fourth-order valence-electron chi connectivity index (χ4n) is 5.50. The van der Waals surface area contributed by atoms with E-state index in [-0.39, 0.29) is 34.4 Å². The highest BCUT2D eigenvalue weighted by Gasteiger charge is 2.25. The molecule has 0 amide bonds. The van der Waals surface area contributed by atoms with Gasteiger partial charge in [-0.1, -0.05) is 114 Å². The molecule has 2 unspecified atom stereocenters. The summed E-state index contributed by atoms with van der Waals surface area (Å²) in [6.07, 6.45) is 7.77. The molecule has 0 aliphatic heterocycles. The molecule has 5 rings (SSSR count). The van der Waals surface area contributed by atoms with E-state index in [0.717, 1.165) is 67.5 Å². The number of rotatable bonds is 8. The van der Waals surface area contributed by atoms with E-state index in [9.17, 15) is 10.2 Å². The fourth-order valence-corrected chi connectivity index (χ4v) is 7.39. The largest absolute Gasteiger partial charge is 0.506 e. The summed E-state index contributed by atoms with van der Waals surface area (Å²) in [7, 11) is 0. The second kappa shape index (κ2) is 14.5. The first kappa shape index (κ1) is 33.9. The van der Waals surface area contributed by atoms with E-state index in [0.29, 0.717) is 0 Å². The zero-order valence-electron chi connectivity index (χ0n) is 27.8. The number of aliphatic imine (C=N–C) groups is 2. The van der Waals surface area contributed by atoms with Crippen LogP contribution in [-0.4, -0.2) is 34.7 Å². The first-order chi connectivity index (χ1) is 21.9. The molecule has 0 spiro atoms. The number of phenolic OH excluding ortho intramolecular Hbond substituents is 2. The van der Waals surface area contributed by atoms with E-state index in [1.165, 1.54) is 0 Å². The van der Waals surface area contributed by atoms with Gasteiger partial charge in [-0.3, -0.25) is 9.98 Å². The molecule has 1 aliphatic rings. The Labute approximate surface area is 283 Å². The number of benzene rings is 4.